The highest BCUT2D eigenvalue weighted by Crippen LogP contribution is 2.33. The molecule has 0 unspecified atom stereocenters. The largest absolute Gasteiger partial charge is 0.495 e. The standard InChI is InChI=1S/C30H35N5O3/c1-33-20-28(38-3)26-18-24(8-9-27(26)33)34(2)25-10-13-31-29(19-25)32-30(37)23-6-4-21(5-7-23)22-11-14-35(15-12-22)16-17-36/h4-10,13,18-20,22,36H,11-12,14-17H2,1-3H3,(H,31,32,37). The lowest BCUT2D eigenvalue weighted by Gasteiger charge is -2.31. The predicted molar refractivity (Wildman–Crippen MR) is 152 cm³/mol. The number of piperidine rings is 1. The maximum atomic E-state index is 13.0. The molecule has 0 bridgehead atoms. The van der Waals surface area contributed by atoms with Crippen LogP contribution in [0.15, 0.2) is 67.0 Å². The Morgan fingerprint density at radius 3 is 2.55 bits per heavy atom. The summed E-state index contributed by atoms with van der Waals surface area (Å²) in [5.74, 6) is 1.64. The first-order valence-electron chi connectivity index (χ1n) is 13.0. The number of carbonyl (C=O) groups is 1. The Labute approximate surface area is 223 Å². The Hall–Kier alpha value is -3.88. The molecule has 2 aromatic carbocycles. The molecular weight excluding hydrogens is 478 g/mol. The van der Waals surface area contributed by atoms with Crippen LogP contribution in [-0.2, 0) is 7.05 Å². The van der Waals surface area contributed by atoms with Crippen molar-refractivity contribution < 1.29 is 14.6 Å². The molecule has 4 aromatic rings. The molecule has 8 heteroatoms. The van der Waals surface area contributed by atoms with Crippen molar-refractivity contribution in [2.75, 3.05) is 50.6 Å². The Balaban J connectivity index is 1.26. The average Bonchev–Trinajstić information content (AvgIpc) is 3.28. The quantitative estimate of drug-likeness (QED) is 0.353. The molecule has 0 aliphatic carbocycles. The number of aromatic nitrogens is 2. The third kappa shape index (κ3) is 5.37. The number of fused-ring (bicyclic) bond motifs is 1. The minimum atomic E-state index is -0.183. The summed E-state index contributed by atoms with van der Waals surface area (Å²) in [5, 5.41) is 13.1. The summed E-state index contributed by atoms with van der Waals surface area (Å²) in [6.45, 7) is 2.95. The van der Waals surface area contributed by atoms with E-state index in [0.29, 0.717) is 17.3 Å². The second kappa shape index (κ2) is 11.2. The van der Waals surface area contributed by atoms with Gasteiger partial charge < -0.3 is 29.5 Å². The second-order valence-corrected chi connectivity index (χ2v) is 9.88. The molecule has 1 aliphatic rings. The Bertz CT molecular complexity index is 1410. The maximum Gasteiger partial charge on any atom is 0.256 e. The van der Waals surface area contributed by atoms with Gasteiger partial charge in [0.2, 0.25) is 0 Å². The van der Waals surface area contributed by atoms with Gasteiger partial charge in [0, 0.05) is 61.4 Å². The van der Waals surface area contributed by atoms with Crippen LogP contribution < -0.4 is 15.0 Å². The van der Waals surface area contributed by atoms with E-state index in [0.717, 1.165) is 60.5 Å². The number of anilines is 3. The predicted octanol–water partition coefficient (Wildman–Crippen LogP) is 4.77. The van der Waals surface area contributed by atoms with Crippen molar-refractivity contribution in [1.29, 1.82) is 0 Å². The van der Waals surface area contributed by atoms with Crippen LogP contribution in [0.3, 0.4) is 0 Å². The van der Waals surface area contributed by atoms with Gasteiger partial charge in [0.25, 0.3) is 5.91 Å². The number of likely N-dealkylation sites (tertiary alicyclic amines) is 1. The van der Waals surface area contributed by atoms with Gasteiger partial charge in [-0.1, -0.05) is 12.1 Å². The molecule has 1 amide bonds. The Kier molecular flexibility index (Phi) is 7.62. The van der Waals surface area contributed by atoms with Crippen molar-refractivity contribution in [2.24, 2.45) is 7.05 Å². The smallest absolute Gasteiger partial charge is 0.256 e. The number of carbonyl (C=O) groups excluding carboxylic acids is 1. The van der Waals surface area contributed by atoms with Crippen molar-refractivity contribution in [1.82, 2.24) is 14.5 Å². The first kappa shape index (κ1) is 25.8. The summed E-state index contributed by atoms with van der Waals surface area (Å²) >= 11 is 0. The van der Waals surface area contributed by atoms with Crippen LogP contribution in [0.1, 0.15) is 34.7 Å². The molecular formula is C30H35N5O3. The van der Waals surface area contributed by atoms with Crippen molar-refractivity contribution >= 4 is 34.0 Å². The SMILES string of the molecule is COc1cn(C)c2ccc(N(C)c3ccnc(NC(=O)c4ccc(C5CCN(CCO)CC5)cc4)c3)cc12. The number of aliphatic hydroxyl groups excluding tert-OH is 1. The average molecular weight is 514 g/mol. The van der Waals surface area contributed by atoms with Gasteiger partial charge in [-0.2, -0.15) is 0 Å². The summed E-state index contributed by atoms with van der Waals surface area (Å²) in [5.41, 5.74) is 4.88. The number of benzene rings is 2. The fourth-order valence-corrected chi connectivity index (χ4v) is 5.29. The fraction of sp³-hybridized carbons (Fsp3) is 0.333. The van der Waals surface area contributed by atoms with E-state index < -0.39 is 0 Å². The van der Waals surface area contributed by atoms with Gasteiger partial charge in [0.05, 0.1) is 19.2 Å². The van der Waals surface area contributed by atoms with E-state index in [-0.39, 0.29) is 12.5 Å². The number of ether oxygens (including phenoxy) is 1. The highest BCUT2D eigenvalue weighted by Gasteiger charge is 2.20. The van der Waals surface area contributed by atoms with Crippen molar-refractivity contribution in [3.05, 3.63) is 78.1 Å². The van der Waals surface area contributed by atoms with E-state index in [9.17, 15) is 4.79 Å². The second-order valence-electron chi connectivity index (χ2n) is 9.88. The van der Waals surface area contributed by atoms with Gasteiger partial charge in [0.15, 0.2) is 0 Å². The van der Waals surface area contributed by atoms with Crippen LogP contribution in [0.2, 0.25) is 0 Å². The molecule has 38 heavy (non-hydrogen) atoms. The van der Waals surface area contributed by atoms with Crippen LogP contribution in [0.4, 0.5) is 17.2 Å². The molecule has 1 fully saturated rings. The van der Waals surface area contributed by atoms with Crippen molar-refractivity contribution in [3.63, 3.8) is 0 Å². The normalized spacial score (nSPS) is 14.5. The summed E-state index contributed by atoms with van der Waals surface area (Å²) in [6.07, 6.45) is 5.82. The van der Waals surface area contributed by atoms with E-state index in [1.54, 1.807) is 13.3 Å². The van der Waals surface area contributed by atoms with Crippen molar-refractivity contribution in [2.45, 2.75) is 18.8 Å². The van der Waals surface area contributed by atoms with Crippen LogP contribution in [-0.4, -0.2) is 65.9 Å². The summed E-state index contributed by atoms with van der Waals surface area (Å²) in [4.78, 5) is 21.7. The molecule has 0 radical (unpaired) electrons. The molecule has 0 saturated carbocycles. The molecule has 198 valence electrons. The molecule has 0 spiro atoms. The van der Waals surface area contributed by atoms with Gasteiger partial charge in [-0.05, 0) is 73.8 Å². The third-order valence-corrected chi connectivity index (χ3v) is 7.56. The third-order valence-electron chi connectivity index (χ3n) is 7.56. The lowest BCUT2D eigenvalue weighted by Crippen LogP contribution is -2.34. The minimum Gasteiger partial charge on any atom is -0.495 e. The number of aliphatic hydroxyl groups is 1. The number of hydrogen-bond donors (Lipinski definition) is 2. The van der Waals surface area contributed by atoms with E-state index in [1.807, 2.05) is 49.1 Å². The Morgan fingerprint density at radius 1 is 1.11 bits per heavy atom. The number of nitrogens with zero attached hydrogens (tertiary/aromatic N) is 4. The maximum absolute atomic E-state index is 13.0. The molecule has 8 nitrogen and oxygen atoms in total. The zero-order valence-electron chi connectivity index (χ0n) is 22.2. The number of methoxy groups -OCH3 is 1. The fourth-order valence-electron chi connectivity index (χ4n) is 5.29. The van der Waals surface area contributed by atoms with Crippen molar-refractivity contribution in [3.8, 4) is 5.75 Å². The van der Waals surface area contributed by atoms with Crippen LogP contribution in [0.5, 0.6) is 5.75 Å². The van der Waals surface area contributed by atoms with Gasteiger partial charge in [0.1, 0.15) is 11.6 Å². The van der Waals surface area contributed by atoms with E-state index in [2.05, 4.69) is 50.4 Å². The zero-order valence-corrected chi connectivity index (χ0v) is 22.2. The number of hydrogen-bond acceptors (Lipinski definition) is 6. The summed E-state index contributed by atoms with van der Waals surface area (Å²) in [7, 11) is 5.67. The topological polar surface area (TPSA) is 82.9 Å². The first-order chi connectivity index (χ1) is 18.5. The first-order valence-corrected chi connectivity index (χ1v) is 13.0. The number of nitrogens with one attached hydrogen (secondary N) is 1. The Morgan fingerprint density at radius 2 is 1.84 bits per heavy atom. The van der Waals surface area contributed by atoms with Gasteiger partial charge >= 0.3 is 0 Å². The van der Waals surface area contributed by atoms with E-state index >= 15 is 0 Å². The van der Waals surface area contributed by atoms with Crippen LogP contribution >= 0.6 is 0 Å². The summed E-state index contributed by atoms with van der Waals surface area (Å²) < 4.78 is 7.59. The molecule has 1 aliphatic heterocycles. The lowest BCUT2D eigenvalue weighted by atomic mass is 9.89. The molecule has 1 saturated heterocycles. The number of pyridine rings is 1. The van der Waals surface area contributed by atoms with Gasteiger partial charge in [-0.3, -0.25) is 4.79 Å². The highest BCUT2D eigenvalue weighted by molar-refractivity contribution is 6.04. The van der Waals surface area contributed by atoms with Gasteiger partial charge in [-0.15, -0.1) is 0 Å². The lowest BCUT2D eigenvalue weighted by molar-refractivity contribution is 0.102. The molecule has 0 atom stereocenters. The molecule has 2 aromatic heterocycles. The van der Waals surface area contributed by atoms with E-state index in [1.165, 1.54) is 5.56 Å². The van der Waals surface area contributed by atoms with E-state index in [4.69, 9.17) is 9.84 Å². The number of amides is 1. The van der Waals surface area contributed by atoms with Gasteiger partial charge in [-0.25, -0.2) is 4.98 Å². The van der Waals surface area contributed by atoms with Crippen LogP contribution in [0.25, 0.3) is 10.9 Å². The molecule has 3 heterocycles. The number of aryl methyl sites for hydroxylation is 1. The zero-order chi connectivity index (χ0) is 26.6. The minimum absolute atomic E-state index is 0.183. The molecule has 5 rings (SSSR count). The summed E-state index contributed by atoms with van der Waals surface area (Å²) in [6, 6.07) is 18.0. The monoisotopic (exact) mass is 513 g/mol. The molecule has 2 N–H and O–H groups in total. The highest BCUT2D eigenvalue weighted by atomic mass is 16.5. The van der Waals surface area contributed by atoms with Crippen LogP contribution in [0, 0.1) is 0 Å². The number of β-amino-alcohol motifs (C(OH)–C–C–N with tert-alkyl or cyclic N) is 1. The number of rotatable bonds is 8.